The number of carbonyl (C=O) groups is 1. The zero-order valence-corrected chi connectivity index (χ0v) is 17.0. The van der Waals surface area contributed by atoms with Crippen LogP contribution in [0.4, 0.5) is 0 Å². The molecule has 0 aliphatic heterocycles. The summed E-state index contributed by atoms with van der Waals surface area (Å²) in [5, 5.41) is 0.591. The Morgan fingerprint density at radius 2 is 2.00 bits per heavy atom. The molecule has 3 heterocycles. The van der Waals surface area contributed by atoms with Crippen LogP contribution in [0.25, 0.3) is 20.7 Å². The van der Waals surface area contributed by atoms with Crippen molar-refractivity contribution in [2.75, 3.05) is 7.11 Å². The molecule has 0 unspecified atom stereocenters. The van der Waals surface area contributed by atoms with Gasteiger partial charge in [-0.3, -0.25) is 9.36 Å². The maximum Gasteiger partial charge on any atom is 0.373 e. The topological polar surface area (TPSA) is 74.3 Å². The van der Waals surface area contributed by atoms with Gasteiger partial charge in [-0.05, 0) is 30.2 Å². The highest BCUT2D eigenvalue weighted by Gasteiger charge is 2.17. The fourth-order valence-corrected chi connectivity index (χ4v) is 4.26. The first kappa shape index (κ1) is 19.1. The van der Waals surface area contributed by atoms with Crippen molar-refractivity contribution in [3.63, 3.8) is 0 Å². The van der Waals surface area contributed by atoms with E-state index in [0.717, 1.165) is 21.7 Å². The number of methoxy groups -OCH3 is 1. The van der Waals surface area contributed by atoms with E-state index in [1.807, 2.05) is 43.3 Å². The summed E-state index contributed by atoms with van der Waals surface area (Å²) in [5.41, 5.74) is 0.958. The number of aromatic nitrogens is 2. The Kier molecular flexibility index (Phi) is 5.31. The number of benzene rings is 1. The number of fused-ring (bicyclic) bond motifs is 1. The monoisotopic (exact) mass is 408 g/mol. The summed E-state index contributed by atoms with van der Waals surface area (Å²) in [6.45, 7) is 2.26. The maximum atomic E-state index is 13.3. The average Bonchev–Trinajstić information content (AvgIpc) is 3.38. The number of esters is 1. The summed E-state index contributed by atoms with van der Waals surface area (Å²) in [5.74, 6) is 0.784. The fourth-order valence-electron chi connectivity index (χ4n) is 3.21. The summed E-state index contributed by atoms with van der Waals surface area (Å²) in [6, 6.07) is 15.1. The van der Waals surface area contributed by atoms with Crippen LogP contribution in [-0.2, 0) is 17.7 Å². The van der Waals surface area contributed by atoms with Gasteiger partial charge in [-0.15, -0.1) is 11.3 Å². The van der Waals surface area contributed by atoms with Gasteiger partial charge < -0.3 is 9.15 Å². The van der Waals surface area contributed by atoms with Gasteiger partial charge in [-0.1, -0.05) is 37.3 Å². The molecule has 0 atom stereocenters. The molecule has 0 radical (unpaired) electrons. The number of ether oxygens (including phenoxy) is 1. The van der Waals surface area contributed by atoms with Crippen LogP contribution >= 0.6 is 11.3 Å². The van der Waals surface area contributed by atoms with Crippen molar-refractivity contribution >= 4 is 27.5 Å². The van der Waals surface area contributed by atoms with Crippen molar-refractivity contribution in [1.29, 1.82) is 0 Å². The van der Waals surface area contributed by atoms with E-state index in [1.54, 1.807) is 16.7 Å². The Balaban J connectivity index is 1.78. The summed E-state index contributed by atoms with van der Waals surface area (Å²) in [6.07, 6.45) is 1.54. The van der Waals surface area contributed by atoms with E-state index in [4.69, 9.17) is 9.40 Å². The molecule has 0 bridgehead atoms. The van der Waals surface area contributed by atoms with Gasteiger partial charge in [0.05, 0.1) is 19.0 Å². The van der Waals surface area contributed by atoms with E-state index in [1.165, 1.54) is 18.4 Å². The Morgan fingerprint density at radius 3 is 2.72 bits per heavy atom. The second kappa shape index (κ2) is 8.05. The number of carbonyl (C=O) groups excluding carboxylic acids is 1. The number of nitrogens with zero attached hydrogens (tertiary/aromatic N) is 2. The molecule has 0 amide bonds. The fraction of sp³-hybridized carbons (Fsp3) is 0.227. The lowest BCUT2D eigenvalue weighted by atomic mass is 10.2. The second-order valence-electron chi connectivity index (χ2n) is 6.62. The molecular formula is C22H20N2O4S. The van der Waals surface area contributed by atoms with Crippen LogP contribution in [0.5, 0.6) is 0 Å². The highest BCUT2D eigenvalue weighted by atomic mass is 32.1. The van der Waals surface area contributed by atoms with E-state index in [2.05, 4.69) is 4.74 Å². The van der Waals surface area contributed by atoms with Crippen LogP contribution in [0.1, 0.15) is 35.5 Å². The van der Waals surface area contributed by atoms with Crippen LogP contribution in [0.2, 0.25) is 0 Å². The number of hydrogen-bond donors (Lipinski definition) is 0. The van der Waals surface area contributed by atoms with E-state index >= 15 is 0 Å². The SMILES string of the molecule is CCCc1nc2sc(-c3ccccc3)cc2c(=O)n1Cc1ccc(C(=O)OC)o1. The third kappa shape index (κ3) is 3.73. The largest absolute Gasteiger partial charge is 0.463 e. The van der Waals surface area contributed by atoms with Gasteiger partial charge in [0.25, 0.3) is 5.56 Å². The molecule has 29 heavy (non-hydrogen) atoms. The molecule has 148 valence electrons. The van der Waals surface area contributed by atoms with Gasteiger partial charge in [-0.2, -0.15) is 0 Å². The van der Waals surface area contributed by atoms with Crippen molar-refractivity contribution in [2.45, 2.75) is 26.3 Å². The van der Waals surface area contributed by atoms with Crippen LogP contribution < -0.4 is 5.56 Å². The molecule has 0 spiro atoms. The Labute approximate surface area is 171 Å². The second-order valence-corrected chi connectivity index (χ2v) is 7.65. The number of furan rings is 1. The highest BCUT2D eigenvalue weighted by Crippen LogP contribution is 2.31. The molecule has 1 aromatic carbocycles. The molecule has 0 fully saturated rings. The third-order valence-corrected chi connectivity index (χ3v) is 5.70. The number of aryl methyl sites for hydroxylation is 1. The third-order valence-electron chi connectivity index (χ3n) is 4.62. The molecule has 0 aliphatic carbocycles. The smallest absolute Gasteiger partial charge is 0.373 e. The van der Waals surface area contributed by atoms with E-state index in [9.17, 15) is 9.59 Å². The van der Waals surface area contributed by atoms with Crippen LogP contribution in [0.15, 0.2) is 57.7 Å². The normalized spacial score (nSPS) is 11.1. The average molecular weight is 408 g/mol. The van der Waals surface area contributed by atoms with Crippen molar-refractivity contribution in [1.82, 2.24) is 9.55 Å². The Morgan fingerprint density at radius 1 is 1.21 bits per heavy atom. The lowest BCUT2D eigenvalue weighted by molar-refractivity contribution is 0.0563. The van der Waals surface area contributed by atoms with Gasteiger partial charge in [0.15, 0.2) is 0 Å². The predicted molar refractivity (Wildman–Crippen MR) is 112 cm³/mol. The highest BCUT2D eigenvalue weighted by molar-refractivity contribution is 7.21. The van der Waals surface area contributed by atoms with Crippen molar-refractivity contribution < 1.29 is 13.9 Å². The van der Waals surface area contributed by atoms with Crippen LogP contribution in [-0.4, -0.2) is 22.6 Å². The minimum Gasteiger partial charge on any atom is -0.463 e. The molecule has 0 aliphatic rings. The molecule has 4 rings (SSSR count). The molecule has 3 aromatic heterocycles. The maximum absolute atomic E-state index is 13.3. The summed E-state index contributed by atoms with van der Waals surface area (Å²) in [4.78, 5) is 31.4. The van der Waals surface area contributed by atoms with Gasteiger partial charge in [0, 0.05) is 11.3 Å². The quantitative estimate of drug-likeness (QED) is 0.439. The predicted octanol–water partition coefficient (Wildman–Crippen LogP) is 4.51. The molecule has 0 saturated carbocycles. The minimum atomic E-state index is -0.545. The Bertz CT molecular complexity index is 1220. The minimum absolute atomic E-state index is 0.104. The zero-order chi connectivity index (χ0) is 20.4. The summed E-state index contributed by atoms with van der Waals surface area (Å²) < 4.78 is 11.9. The number of rotatable bonds is 6. The van der Waals surface area contributed by atoms with E-state index in [-0.39, 0.29) is 17.9 Å². The molecular weight excluding hydrogens is 388 g/mol. The van der Waals surface area contributed by atoms with E-state index < -0.39 is 5.97 Å². The molecule has 7 heteroatoms. The first-order valence-electron chi connectivity index (χ1n) is 9.36. The lowest BCUT2D eigenvalue weighted by Gasteiger charge is -2.10. The first-order chi connectivity index (χ1) is 14.1. The molecule has 0 saturated heterocycles. The van der Waals surface area contributed by atoms with E-state index in [0.29, 0.717) is 23.4 Å². The number of hydrogen-bond acceptors (Lipinski definition) is 6. The number of thiophene rings is 1. The summed E-state index contributed by atoms with van der Waals surface area (Å²) >= 11 is 1.52. The van der Waals surface area contributed by atoms with Crippen molar-refractivity contribution in [3.8, 4) is 10.4 Å². The van der Waals surface area contributed by atoms with Crippen LogP contribution in [0.3, 0.4) is 0 Å². The Hall–Kier alpha value is -3.19. The molecule has 4 aromatic rings. The van der Waals surface area contributed by atoms with Gasteiger partial charge >= 0.3 is 5.97 Å². The van der Waals surface area contributed by atoms with Crippen molar-refractivity contribution in [2.24, 2.45) is 0 Å². The van der Waals surface area contributed by atoms with Crippen molar-refractivity contribution in [3.05, 3.63) is 76.2 Å². The zero-order valence-electron chi connectivity index (χ0n) is 16.2. The summed E-state index contributed by atoms with van der Waals surface area (Å²) in [7, 11) is 1.30. The standard InChI is InChI=1S/C22H20N2O4S/c1-3-7-19-23-20-16(12-18(29-20)14-8-5-4-6-9-14)21(25)24(19)13-15-10-11-17(28-15)22(26)27-2/h4-6,8-12H,3,7,13H2,1-2H3. The van der Waals surface area contributed by atoms with Gasteiger partial charge in [-0.25, -0.2) is 9.78 Å². The van der Waals surface area contributed by atoms with Gasteiger partial charge in [0.2, 0.25) is 5.76 Å². The molecule has 0 N–H and O–H groups in total. The van der Waals surface area contributed by atoms with Crippen LogP contribution in [0, 0.1) is 0 Å². The molecule has 6 nitrogen and oxygen atoms in total. The van der Waals surface area contributed by atoms with Gasteiger partial charge in [0.1, 0.15) is 16.4 Å². The first-order valence-corrected chi connectivity index (χ1v) is 10.2. The lowest BCUT2D eigenvalue weighted by Crippen LogP contribution is -2.25.